The molecule has 0 saturated carbocycles. The summed E-state index contributed by atoms with van der Waals surface area (Å²) < 4.78 is 11.3. The number of rotatable bonds is 5. The fourth-order valence-electron chi connectivity index (χ4n) is 1.37. The minimum absolute atomic E-state index is 0.152. The van der Waals surface area contributed by atoms with E-state index in [0.717, 1.165) is 17.1 Å². The van der Waals surface area contributed by atoms with Crippen LogP contribution in [0.5, 0.6) is 11.5 Å². The van der Waals surface area contributed by atoms with E-state index in [1.807, 2.05) is 45.9 Å². The van der Waals surface area contributed by atoms with Gasteiger partial charge in [-0.2, -0.15) is 0 Å². The van der Waals surface area contributed by atoms with Gasteiger partial charge in [0.2, 0.25) is 0 Å². The molecule has 0 aromatic heterocycles. The summed E-state index contributed by atoms with van der Waals surface area (Å²) in [6, 6.07) is 5.76. The highest BCUT2D eigenvalue weighted by Crippen LogP contribution is 2.27. The van der Waals surface area contributed by atoms with E-state index in [9.17, 15) is 0 Å². The molecule has 1 aromatic rings. The van der Waals surface area contributed by atoms with Crippen LogP contribution in [-0.2, 0) is 5.88 Å². The van der Waals surface area contributed by atoms with Crippen molar-refractivity contribution in [1.29, 1.82) is 0 Å². The third-order valence-electron chi connectivity index (χ3n) is 1.91. The predicted molar refractivity (Wildman–Crippen MR) is 67.5 cm³/mol. The minimum atomic E-state index is 0.152. The van der Waals surface area contributed by atoms with Crippen LogP contribution in [-0.4, -0.2) is 12.2 Å². The average Bonchev–Trinajstić information content (AvgIpc) is 2.18. The van der Waals surface area contributed by atoms with Crippen LogP contribution in [0.3, 0.4) is 0 Å². The smallest absolute Gasteiger partial charge is 0.124 e. The van der Waals surface area contributed by atoms with Gasteiger partial charge < -0.3 is 9.47 Å². The van der Waals surface area contributed by atoms with Crippen LogP contribution in [0.1, 0.15) is 33.3 Å². The van der Waals surface area contributed by atoms with Gasteiger partial charge in [0, 0.05) is 5.56 Å². The number of alkyl halides is 1. The zero-order valence-electron chi connectivity index (χ0n) is 10.3. The molecule has 0 fully saturated rings. The van der Waals surface area contributed by atoms with Gasteiger partial charge in [-0.25, -0.2) is 0 Å². The molecular formula is C13H19ClO2. The molecule has 0 aliphatic rings. The highest BCUT2D eigenvalue weighted by atomic mass is 35.5. The second-order valence-electron chi connectivity index (χ2n) is 4.24. The Bertz CT molecular complexity index is 335. The molecule has 1 rings (SSSR count). The standard InChI is InChI=1S/C13H19ClO2/c1-9(2)15-12-5-6-13(16-10(3)4)11(7-12)8-14/h5-7,9-10H,8H2,1-4H3. The summed E-state index contributed by atoms with van der Waals surface area (Å²) in [7, 11) is 0. The Labute approximate surface area is 103 Å². The Morgan fingerprint density at radius 2 is 1.69 bits per heavy atom. The molecule has 90 valence electrons. The lowest BCUT2D eigenvalue weighted by Gasteiger charge is -2.15. The van der Waals surface area contributed by atoms with E-state index in [2.05, 4.69) is 0 Å². The van der Waals surface area contributed by atoms with Crippen molar-refractivity contribution in [2.24, 2.45) is 0 Å². The first kappa shape index (κ1) is 13.2. The van der Waals surface area contributed by atoms with Crippen molar-refractivity contribution in [3.63, 3.8) is 0 Å². The number of benzene rings is 1. The van der Waals surface area contributed by atoms with Gasteiger partial charge in [-0.15, -0.1) is 11.6 Å². The van der Waals surface area contributed by atoms with Crippen LogP contribution < -0.4 is 9.47 Å². The number of hydrogen-bond acceptors (Lipinski definition) is 2. The van der Waals surface area contributed by atoms with Gasteiger partial charge >= 0.3 is 0 Å². The predicted octanol–water partition coefficient (Wildman–Crippen LogP) is 4.00. The zero-order chi connectivity index (χ0) is 12.1. The van der Waals surface area contributed by atoms with Gasteiger partial charge in [0.15, 0.2) is 0 Å². The van der Waals surface area contributed by atoms with Crippen LogP contribution in [0.2, 0.25) is 0 Å². The maximum absolute atomic E-state index is 5.89. The third kappa shape index (κ3) is 3.93. The Hall–Kier alpha value is -0.890. The summed E-state index contributed by atoms with van der Waals surface area (Å²) in [6.07, 6.45) is 0.318. The molecule has 0 heterocycles. The molecule has 0 atom stereocenters. The van der Waals surface area contributed by atoms with E-state index in [1.165, 1.54) is 0 Å². The largest absolute Gasteiger partial charge is 0.491 e. The second-order valence-corrected chi connectivity index (χ2v) is 4.50. The normalized spacial score (nSPS) is 10.9. The molecule has 0 radical (unpaired) electrons. The topological polar surface area (TPSA) is 18.5 Å². The van der Waals surface area contributed by atoms with Gasteiger partial charge in [-0.1, -0.05) is 0 Å². The van der Waals surface area contributed by atoms with E-state index in [-0.39, 0.29) is 12.2 Å². The molecule has 0 N–H and O–H groups in total. The van der Waals surface area contributed by atoms with Gasteiger partial charge in [-0.3, -0.25) is 0 Å². The van der Waals surface area contributed by atoms with Crippen molar-refractivity contribution < 1.29 is 9.47 Å². The first-order chi connectivity index (χ1) is 7.52. The number of hydrogen-bond donors (Lipinski definition) is 0. The average molecular weight is 243 g/mol. The summed E-state index contributed by atoms with van der Waals surface area (Å²) in [5, 5.41) is 0. The Morgan fingerprint density at radius 1 is 1.06 bits per heavy atom. The van der Waals surface area contributed by atoms with Gasteiger partial charge in [0.05, 0.1) is 18.1 Å². The molecule has 0 aliphatic heterocycles. The van der Waals surface area contributed by atoms with Crippen LogP contribution >= 0.6 is 11.6 Å². The molecule has 2 nitrogen and oxygen atoms in total. The van der Waals surface area contributed by atoms with E-state index in [1.54, 1.807) is 0 Å². The van der Waals surface area contributed by atoms with Crippen LogP contribution in [0.4, 0.5) is 0 Å². The van der Waals surface area contributed by atoms with Crippen LogP contribution in [0, 0.1) is 0 Å². The van der Waals surface area contributed by atoms with Crippen molar-refractivity contribution in [2.45, 2.75) is 45.8 Å². The second kappa shape index (κ2) is 6.00. The third-order valence-corrected chi connectivity index (χ3v) is 2.20. The summed E-state index contributed by atoms with van der Waals surface area (Å²) >= 11 is 5.89. The molecule has 0 amide bonds. The maximum atomic E-state index is 5.89. The van der Waals surface area contributed by atoms with Crippen molar-refractivity contribution in [3.8, 4) is 11.5 Å². The molecule has 0 aliphatic carbocycles. The Kier molecular flexibility index (Phi) is 4.94. The van der Waals surface area contributed by atoms with Gasteiger partial charge in [0.1, 0.15) is 11.5 Å². The number of ether oxygens (including phenoxy) is 2. The van der Waals surface area contributed by atoms with E-state index in [4.69, 9.17) is 21.1 Å². The molecule has 1 aromatic carbocycles. The van der Waals surface area contributed by atoms with Crippen molar-refractivity contribution in [3.05, 3.63) is 23.8 Å². The molecule has 0 bridgehead atoms. The highest BCUT2D eigenvalue weighted by molar-refractivity contribution is 6.17. The zero-order valence-corrected chi connectivity index (χ0v) is 11.0. The maximum Gasteiger partial charge on any atom is 0.124 e. The molecule has 3 heteroatoms. The van der Waals surface area contributed by atoms with Crippen LogP contribution in [0.25, 0.3) is 0 Å². The van der Waals surface area contributed by atoms with E-state index < -0.39 is 0 Å². The lowest BCUT2D eigenvalue weighted by Crippen LogP contribution is -2.08. The lowest BCUT2D eigenvalue weighted by atomic mass is 10.2. The van der Waals surface area contributed by atoms with E-state index >= 15 is 0 Å². The first-order valence-electron chi connectivity index (χ1n) is 5.55. The molecule has 0 unspecified atom stereocenters. The fraction of sp³-hybridized carbons (Fsp3) is 0.538. The monoisotopic (exact) mass is 242 g/mol. The quantitative estimate of drug-likeness (QED) is 0.727. The number of halogens is 1. The van der Waals surface area contributed by atoms with Crippen LogP contribution in [0.15, 0.2) is 18.2 Å². The summed E-state index contributed by atoms with van der Waals surface area (Å²) in [5.41, 5.74) is 0.966. The van der Waals surface area contributed by atoms with Gasteiger partial charge in [0.25, 0.3) is 0 Å². The van der Waals surface area contributed by atoms with Gasteiger partial charge in [-0.05, 0) is 45.9 Å². The molecule has 0 saturated heterocycles. The highest BCUT2D eigenvalue weighted by Gasteiger charge is 2.07. The SMILES string of the molecule is CC(C)Oc1ccc(OC(C)C)c(CCl)c1. The van der Waals surface area contributed by atoms with Crippen molar-refractivity contribution in [1.82, 2.24) is 0 Å². The van der Waals surface area contributed by atoms with Crippen molar-refractivity contribution in [2.75, 3.05) is 0 Å². The summed E-state index contributed by atoms with van der Waals surface area (Å²) in [5.74, 6) is 2.10. The molecular weight excluding hydrogens is 224 g/mol. The molecule has 16 heavy (non-hydrogen) atoms. The lowest BCUT2D eigenvalue weighted by molar-refractivity contribution is 0.233. The summed E-state index contributed by atoms with van der Waals surface area (Å²) in [4.78, 5) is 0. The summed E-state index contributed by atoms with van der Waals surface area (Å²) in [6.45, 7) is 7.99. The van der Waals surface area contributed by atoms with Crippen molar-refractivity contribution >= 4 is 11.6 Å². The molecule has 0 spiro atoms. The minimum Gasteiger partial charge on any atom is -0.491 e. The van der Waals surface area contributed by atoms with E-state index in [0.29, 0.717) is 5.88 Å². The Morgan fingerprint density at radius 3 is 2.19 bits per heavy atom. The Balaban J connectivity index is 2.88. The first-order valence-corrected chi connectivity index (χ1v) is 6.08. The fourth-order valence-corrected chi connectivity index (χ4v) is 1.58.